The van der Waals surface area contributed by atoms with E-state index >= 15 is 0 Å². The molecular formula is C12H11FN2O. The van der Waals surface area contributed by atoms with Crippen LogP contribution in [0, 0.1) is 5.82 Å². The summed E-state index contributed by atoms with van der Waals surface area (Å²) in [6.07, 6.45) is 1.67. The summed E-state index contributed by atoms with van der Waals surface area (Å²) in [4.78, 5) is 4.08. The molecule has 2 aromatic rings. The van der Waals surface area contributed by atoms with Crippen molar-refractivity contribution in [3.8, 4) is 5.75 Å². The van der Waals surface area contributed by atoms with Gasteiger partial charge in [-0.05, 0) is 18.2 Å². The molecule has 0 spiro atoms. The van der Waals surface area contributed by atoms with Crippen molar-refractivity contribution in [1.82, 2.24) is 4.98 Å². The van der Waals surface area contributed by atoms with E-state index in [2.05, 4.69) is 10.3 Å². The summed E-state index contributed by atoms with van der Waals surface area (Å²) >= 11 is 0. The van der Waals surface area contributed by atoms with Gasteiger partial charge in [0, 0.05) is 24.0 Å². The summed E-state index contributed by atoms with van der Waals surface area (Å²) < 4.78 is 18.1. The Bertz CT molecular complexity index is 474. The highest BCUT2D eigenvalue weighted by Crippen LogP contribution is 2.22. The van der Waals surface area contributed by atoms with Gasteiger partial charge in [0.1, 0.15) is 17.4 Å². The molecule has 16 heavy (non-hydrogen) atoms. The molecule has 0 amide bonds. The largest absolute Gasteiger partial charge is 0.497 e. The van der Waals surface area contributed by atoms with E-state index in [-0.39, 0.29) is 5.82 Å². The van der Waals surface area contributed by atoms with Crippen molar-refractivity contribution in [2.24, 2.45) is 0 Å². The van der Waals surface area contributed by atoms with Crippen molar-refractivity contribution in [2.75, 3.05) is 12.4 Å². The van der Waals surface area contributed by atoms with Crippen LogP contribution in [0.3, 0.4) is 0 Å². The second-order valence-electron chi connectivity index (χ2n) is 3.22. The van der Waals surface area contributed by atoms with Gasteiger partial charge in [0.2, 0.25) is 0 Å². The highest BCUT2D eigenvalue weighted by atomic mass is 19.1. The maximum atomic E-state index is 13.2. The number of anilines is 2. The first-order valence-corrected chi connectivity index (χ1v) is 4.80. The number of nitrogens with zero attached hydrogens (tertiary/aromatic N) is 1. The Morgan fingerprint density at radius 2 is 2.12 bits per heavy atom. The summed E-state index contributed by atoms with van der Waals surface area (Å²) in [5.74, 6) is 0.784. The molecule has 0 unspecified atom stereocenters. The molecule has 1 heterocycles. The monoisotopic (exact) mass is 218 g/mol. The average Bonchev–Trinajstić information content (AvgIpc) is 2.29. The second kappa shape index (κ2) is 4.61. The molecule has 1 aromatic carbocycles. The lowest BCUT2D eigenvalue weighted by atomic mass is 10.3. The van der Waals surface area contributed by atoms with E-state index in [0.717, 1.165) is 0 Å². The molecule has 4 heteroatoms. The van der Waals surface area contributed by atoms with E-state index in [1.165, 1.54) is 19.2 Å². The zero-order chi connectivity index (χ0) is 11.4. The zero-order valence-corrected chi connectivity index (χ0v) is 8.77. The molecule has 0 fully saturated rings. The fourth-order valence-electron chi connectivity index (χ4n) is 1.34. The first-order chi connectivity index (χ1) is 7.78. The predicted octanol–water partition coefficient (Wildman–Crippen LogP) is 2.97. The van der Waals surface area contributed by atoms with Gasteiger partial charge in [0.15, 0.2) is 0 Å². The molecule has 0 aliphatic rings. The molecule has 0 aliphatic heterocycles. The standard InChI is InChI=1S/C12H11FN2O/c1-16-11-7-9(13)6-10(8-11)15-12-4-2-3-5-14-12/h2-8H,1H3,(H,14,15). The third-order valence-corrected chi connectivity index (χ3v) is 2.04. The van der Waals surface area contributed by atoms with E-state index in [1.54, 1.807) is 18.3 Å². The lowest BCUT2D eigenvalue weighted by Crippen LogP contribution is -1.94. The van der Waals surface area contributed by atoms with Crippen LogP contribution in [0.25, 0.3) is 0 Å². The average molecular weight is 218 g/mol. The van der Waals surface area contributed by atoms with Crippen molar-refractivity contribution < 1.29 is 9.13 Å². The molecule has 82 valence electrons. The molecule has 0 bridgehead atoms. The summed E-state index contributed by atoms with van der Waals surface area (Å²) in [6, 6.07) is 9.89. The molecule has 0 saturated heterocycles. The number of ether oxygens (including phenoxy) is 1. The summed E-state index contributed by atoms with van der Waals surface area (Å²) in [7, 11) is 1.50. The number of hydrogen-bond donors (Lipinski definition) is 1. The molecule has 0 atom stereocenters. The minimum Gasteiger partial charge on any atom is -0.497 e. The number of aromatic nitrogens is 1. The van der Waals surface area contributed by atoms with E-state index in [9.17, 15) is 4.39 Å². The highest BCUT2D eigenvalue weighted by molar-refractivity contribution is 5.58. The molecule has 1 N–H and O–H groups in total. The Labute approximate surface area is 92.9 Å². The van der Waals surface area contributed by atoms with Crippen molar-refractivity contribution >= 4 is 11.5 Å². The van der Waals surface area contributed by atoms with Crippen molar-refractivity contribution in [3.63, 3.8) is 0 Å². The minimum absolute atomic E-state index is 0.349. The number of benzene rings is 1. The Balaban J connectivity index is 2.24. The molecule has 0 aliphatic carbocycles. The number of pyridine rings is 1. The van der Waals surface area contributed by atoms with Gasteiger partial charge in [-0.15, -0.1) is 0 Å². The lowest BCUT2D eigenvalue weighted by Gasteiger charge is -2.07. The third kappa shape index (κ3) is 2.48. The van der Waals surface area contributed by atoms with Gasteiger partial charge in [-0.25, -0.2) is 9.37 Å². The summed E-state index contributed by atoms with van der Waals surface area (Å²) in [6.45, 7) is 0. The van der Waals surface area contributed by atoms with Gasteiger partial charge >= 0.3 is 0 Å². The smallest absolute Gasteiger partial charge is 0.130 e. The highest BCUT2D eigenvalue weighted by Gasteiger charge is 2.01. The van der Waals surface area contributed by atoms with Crippen LogP contribution >= 0.6 is 0 Å². The topological polar surface area (TPSA) is 34.1 Å². The molecule has 0 saturated carbocycles. The maximum absolute atomic E-state index is 13.2. The number of rotatable bonds is 3. The first-order valence-electron chi connectivity index (χ1n) is 4.80. The van der Waals surface area contributed by atoms with Crippen LogP contribution < -0.4 is 10.1 Å². The summed E-state index contributed by atoms with van der Waals surface area (Å²) in [5.41, 5.74) is 0.607. The van der Waals surface area contributed by atoms with Gasteiger partial charge in [-0.3, -0.25) is 0 Å². The SMILES string of the molecule is COc1cc(F)cc(Nc2ccccn2)c1. The first kappa shape index (κ1) is 10.4. The number of nitrogens with one attached hydrogen (secondary N) is 1. The van der Waals surface area contributed by atoms with Crippen LogP contribution in [0.1, 0.15) is 0 Å². The predicted molar refractivity (Wildman–Crippen MR) is 60.5 cm³/mol. The number of halogens is 1. The third-order valence-electron chi connectivity index (χ3n) is 2.04. The van der Waals surface area contributed by atoms with Crippen LogP contribution in [-0.4, -0.2) is 12.1 Å². The van der Waals surface area contributed by atoms with Gasteiger partial charge < -0.3 is 10.1 Å². The van der Waals surface area contributed by atoms with Gasteiger partial charge in [-0.1, -0.05) is 6.07 Å². The molecule has 2 rings (SSSR count). The molecule has 1 aromatic heterocycles. The summed E-state index contributed by atoms with van der Waals surface area (Å²) in [5, 5.41) is 2.99. The van der Waals surface area contributed by atoms with Crippen molar-refractivity contribution in [2.45, 2.75) is 0 Å². The van der Waals surface area contributed by atoms with Crippen LogP contribution in [0.5, 0.6) is 5.75 Å². The van der Waals surface area contributed by atoms with Crippen molar-refractivity contribution in [1.29, 1.82) is 0 Å². The Kier molecular flexibility index (Phi) is 3.00. The quantitative estimate of drug-likeness (QED) is 0.859. The molecular weight excluding hydrogens is 207 g/mol. The van der Waals surface area contributed by atoms with Crippen LogP contribution in [0.2, 0.25) is 0 Å². The normalized spacial score (nSPS) is 9.88. The minimum atomic E-state index is -0.349. The fraction of sp³-hybridized carbons (Fsp3) is 0.0833. The Hall–Kier alpha value is -2.10. The van der Waals surface area contributed by atoms with Gasteiger partial charge in [0.05, 0.1) is 7.11 Å². The van der Waals surface area contributed by atoms with E-state index in [0.29, 0.717) is 17.3 Å². The fourth-order valence-corrected chi connectivity index (χ4v) is 1.34. The lowest BCUT2D eigenvalue weighted by molar-refractivity contribution is 0.411. The number of methoxy groups -OCH3 is 1. The Morgan fingerprint density at radius 1 is 1.25 bits per heavy atom. The molecule has 3 nitrogen and oxygen atoms in total. The second-order valence-corrected chi connectivity index (χ2v) is 3.22. The van der Waals surface area contributed by atoms with E-state index in [1.807, 2.05) is 12.1 Å². The zero-order valence-electron chi connectivity index (χ0n) is 8.77. The van der Waals surface area contributed by atoms with Gasteiger partial charge in [0.25, 0.3) is 0 Å². The van der Waals surface area contributed by atoms with Crippen molar-refractivity contribution in [3.05, 3.63) is 48.4 Å². The van der Waals surface area contributed by atoms with E-state index in [4.69, 9.17) is 4.74 Å². The van der Waals surface area contributed by atoms with Crippen LogP contribution in [-0.2, 0) is 0 Å². The van der Waals surface area contributed by atoms with Crippen LogP contribution in [0.15, 0.2) is 42.6 Å². The Morgan fingerprint density at radius 3 is 2.81 bits per heavy atom. The number of hydrogen-bond acceptors (Lipinski definition) is 3. The maximum Gasteiger partial charge on any atom is 0.130 e. The van der Waals surface area contributed by atoms with Crippen LogP contribution in [0.4, 0.5) is 15.9 Å². The van der Waals surface area contributed by atoms with Gasteiger partial charge in [-0.2, -0.15) is 0 Å². The van der Waals surface area contributed by atoms with E-state index < -0.39 is 0 Å². The molecule has 0 radical (unpaired) electrons.